The van der Waals surface area contributed by atoms with E-state index in [9.17, 15) is 30.0 Å². The van der Waals surface area contributed by atoms with Crippen LogP contribution in [0.2, 0.25) is 0 Å². The monoisotopic (exact) mass is 539 g/mol. The quantitative estimate of drug-likeness (QED) is 0.180. The summed E-state index contributed by atoms with van der Waals surface area (Å²) in [6, 6.07) is 8.33. The molecule has 11 heteroatoms. The topological polar surface area (TPSA) is 155 Å². The van der Waals surface area contributed by atoms with Crippen LogP contribution in [0.5, 0.6) is 23.0 Å². The van der Waals surface area contributed by atoms with Gasteiger partial charge in [-0.3, -0.25) is 9.59 Å². The normalized spacial score (nSPS) is 24.7. The van der Waals surface area contributed by atoms with Crippen molar-refractivity contribution in [1.82, 2.24) is 0 Å². The van der Waals surface area contributed by atoms with Gasteiger partial charge in [-0.15, -0.1) is 0 Å². The standard InChI is InChI=1S/C27H30O10.Na/c1-15-24(31)25(32)26(33)27(36-15)37-21-11-7-17(13-23(21)35-3)5-9-19(29)14-18(28)8-4-16-6-10-20(30)22(12-16)34-2;/h4-13,15,24-27,30-33H,14H2,1-3H3;/q;+1/p-1/b8-4+,9-5+;/t15-,24-,25+,26-,27+;/m1./s1/i2D3;. The zero-order valence-corrected chi connectivity index (χ0v) is 23.1. The van der Waals surface area contributed by atoms with Gasteiger partial charge in [0.2, 0.25) is 6.29 Å². The molecule has 0 aromatic heterocycles. The molecule has 38 heavy (non-hydrogen) atoms. The van der Waals surface area contributed by atoms with Gasteiger partial charge in [0, 0.05) is 0 Å². The van der Waals surface area contributed by atoms with E-state index in [1.165, 1.54) is 50.5 Å². The number of aliphatic hydroxyl groups excluding tert-OH is 3. The first kappa shape index (κ1) is 26.9. The first-order valence-corrected chi connectivity index (χ1v) is 11.2. The number of carbonyl (C=O) groups excluding carboxylic acids is 2. The molecule has 1 aliphatic heterocycles. The van der Waals surface area contributed by atoms with E-state index in [-0.39, 0.29) is 46.8 Å². The molecule has 2 aromatic carbocycles. The van der Waals surface area contributed by atoms with Crippen molar-refractivity contribution in [3.8, 4) is 23.0 Å². The molecule has 10 nitrogen and oxygen atoms in total. The second-order valence-corrected chi connectivity index (χ2v) is 8.29. The van der Waals surface area contributed by atoms with Crippen LogP contribution in [0, 0.1) is 0 Å². The van der Waals surface area contributed by atoms with Gasteiger partial charge in [0.15, 0.2) is 23.1 Å². The van der Waals surface area contributed by atoms with Crippen LogP contribution < -0.4 is 48.9 Å². The molecule has 0 spiro atoms. The summed E-state index contributed by atoms with van der Waals surface area (Å²) in [5.74, 6) is -1.59. The van der Waals surface area contributed by atoms with E-state index >= 15 is 0 Å². The number of benzene rings is 2. The number of ether oxygens (including phenoxy) is 4. The Hall–Kier alpha value is -2.70. The van der Waals surface area contributed by atoms with E-state index in [1.54, 1.807) is 12.1 Å². The Balaban J connectivity index is 0.00000588. The van der Waals surface area contributed by atoms with Crippen LogP contribution in [0.25, 0.3) is 12.2 Å². The molecule has 0 bridgehead atoms. The van der Waals surface area contributed by atoms with E-state index in [2.05, 4.69) is 4.74 Å². The zero-order valence-electron chi connectivity index (χ0n) is 24.1. The third-order valence-corrected chi connectivity index (χ3v) is 5.59. The molecule has 198 valence electrons. The number of ketones is 2. The minimum absolute atomic E-state index is 0. The molecule has 0 amide bonds. The molecule has 0 aliphatic carbocycles. The SMILES string of the molecule is [2H]C([2H])([2H])Oc1cc(/C=C/C(=O)CC(=O)/C=C/c2ccc(O[C@@H]3O[C@H](C)[C@@H](O)[C@H](O)[C@H]3O)c(OC)c2)ccc1[O-].[Na+]. The van der Waals surface area contributed by atoms with Crippen molar-refractivity contribution < 1.29 is 82.6 Å². The number of carbonyl (C=O) groups is 2. The summed E-state index contributed by atoms with van der Waals surface area (Å²) in [5, 5.41) is 41.7. The Labute approximate surface area is 246 Å². The van der Waals surface area contributed by atoms with Crippen molar-refractivity contribution in [2.45, 2.75) is 44.1 Å². The Morgan fingerprint density at radius 3 is 2.16 bits per heavy atom. The fourth-order valence-corrected chi connectivity index (χ4v) is 3.50. The second kappa shape index (κ2) is 14.5. The van der Waals surface area contributed by atoms with Crippen LogP contribution in [0.1, 0.15) is 28.6 Å². The van der Waals surface area contributed by atoms with Gasteiger partial charge in [-0.05, 0) is 48.4 Å². The second-order valence-electron chi connectivity index (χ2n) is 8.29. The van der Waals surface area contributed by atoms with Gasteiger partial charge in [0.25, 0.3) is 0 Å². The summed E-state index contributed by atoms with van der Waals surface area (Å²) in [7, 11) is -1.42. The van der Waals surface area contributed by atoms with Crippen molar-refractivity contribution >= 4 is 23.7 Å². The van der Waals surface area contributed by atoms with Crippen molar-refractivity contribution in [3.05, 3.63) is 59.7 Å². The molecular weight excluding hydrogens is 507 g/mol. The van der Waals surface area contributed by atoms with Gasteiger partial charge < -0.3 is 39.4 Å². The summed E-state index contributed by atoms with van der Waals surface area (Å²) in [5.41, 5.74) is 0.879. The Morgan fingerprint density at radius 1 is 0.947 bits per heavy atom. The smallest absolute Gasteiger partial charge is 0.870 e. The third-order valence-electron chi connectivity index (χ3n) is 5.59. The molecule has 3 N–H and O–H groups in total. The van der Waals surface area contributed by atoms with Gasteiger partial charge in [-0.1, -0.05) is 36.1 Å². The molecule has 0 radical (unpaired) electrons. The van der Waals surface area contributed by atoms with E-state index in [4.69, 9.17) is 18.3 Å². The summed E-state index contributed by atoms with van der Waals surface area (Å²) in [6.45, 7) is 1.53. The van der Waals surface area contributed by atoms with Crippen molar-refractivity contribution in [2.75, 3.05) is 14.1 Å². The molecule has 0 unspecified atom stereocenters. The van der Waals surface area contributed by atoms with E-state index in [1.807, 2.05) is 0 Å². The molecule has 5 atom stereocenters. The maximum atomic E-state index is 12.3. The van der Waals surface area contributed by atoms with Crippen molar-refractivity contribution in [3.63, 3.8) is 0 Å². The summed E-state index contributed by atoms with van der Waals surface area (Å²) in [6.07, 6.45) is -1.58. The number of rotatable bonds is 10. The van der Waals surface area contributed by atoms with Crippen LogP contribution in [0.4, 0.5) is 0 Å². The number of aliphatic hydroxyl groups is 3. The Morgan fingerprint density at radius 2 is 1.55 bits per heavy atom. The largest absolute Gasteiger partial charge is 1.00 e. The fourth-order valence-electron chi connectivity index (χ4n) is 3.50. The van der Waals surface area contributed by atoms with E-state index < -0.39 is 61.5 Å². The van der Waals surface area contributed by atoms with E-state index in [0.717, 1.165) is 12.1 Å². The first-order valence-electron chi connectivity index (χ1n) is 12.7. The van der Waals surface area contributed by atoms with Crippen molar-refractivity contribution in [1.29, 1.82) is 0 Å². The Bertz CT molecular complexity index is 1280. The molecule has 1 saturated heterocycles. The number of methoxy groups -OCH3 is 2. The molecule has 0 saturated carbocycles. The number of allylic oxidation sites excluding steroid dienone is 2. The van der Waals surface area contributed by atoms with Crippen LogP contribution in [-0.4, -0.2) is 71.7 Å². The number of hydrogen-bond donors (Lipinski definition) is 3. The first-order chi connectivity index (χ1) is 18.8. The minimum Gasteiger partial charge on any atom is -0.870 e. The fraction of sp³-hybridized carbons (Fsp3) is 0.333. The summed E-state index contributed by atoms with van der Waals surface area (Å²) >= 11 is 0. The molecule has 1 heterocycles. The van der Waals surface area contributed by atoms with Gasteiger partial charge in [0.1, 0.15) is 24.1 Å². The van der Waals surface area contributed by atoms with Crippen LogP contribution in [0.15, 0.2) is 48.6 Å². The van der Waals surface area contributed by atoms with Gasteiger partial charge in [-0.25, -0.2) is 0 Å². The maximum Gasteiger partial charge on any atom is 1.00 e. The number of hydrogen-bond acceptors (Lipinski definition) is 10. The average Bonchev–Trinajstić information content (AvgIpc) is 2.89. The summed E-state index contributed by atoms with van der Waals surface area (Å²) in [4.78, 5) is 24.5. The minimum atomic E-state index is -2.80. The van der Waals surface area contributed by atoms with Gasteiger partial charge in [0.05, 0.1) is 30.8 Å². The van der Waals surface area contributed by atoms with Crippen LogP contribution in [0.3, 0.4) is 0 Å². The molecule has 3 rings (SSSR count). The average molecular weight is 540 g/mol. The third kappa shape index (κ3) is 8.15. The van der Waals surface area contributed by atoms with Gasteiger partial charge in [-0.2, -0.15) is 0 Å². The molecule has 2 aromatic rings. The van der Waals surface area contributed by atoms with Gasteiger partial charge >= 0.3 is 29.6 Å². The maximum absolute atomic E-state index is 12.3. The van der Waals surface area contributed by atoms with E-state index in [0.29, 0.717) is 11.1 Å². The molecule has 1 aliphatic rings. The predicted octanol–water partition coefficient (Wildman–Crippen LogP) is -1.76. The zero-order chi connectivity index (χ0) is 29.6. The predicted molar refractivity (Wildman–Crippen MR) is 131 cm³/mol. The molecular formula is C27H29NaO10. The Kier molecular flexibility index (Phi) is 10.2. The van der Waals surface area contributed by atoms with Crippen LogP contribution >= 0.6 is 0 Å². The van der Waals surface area contributed by atoms with Crippen molar-refractivity contribution in [2.24, 2.45) is 0 Å². The molecule has 1 fully saturated rings. The van der Waals surface area contributed by atoms with Crippen LogP contribution in [-0.2, 0) is 14.3 Å². The summed E-state index contributed by atoms with van der Waals surface area (Å²) < 4.78 is 42.4.